The van der Waals surface area contributed by atoms with Gasteiger partial charge in [0.2, 0.25) is 0 Å². The van der Waals surface area contributed by atoms with Crippen molar-refractivity contribution in [2.75, 3.05) is 13.7 Å². The normalized spacial score (nSPS) is 12.1. The Labute approximate surface area is 127 Å². The molecule has 0 fully saturated rings. The summed E-state index contributed by atoms with van der Waals surface area (Å²) in [4.78, 5) is 4.08. The average molecular weight is 284 g/mol. The Kier molecular flexibility index (Phi) is 6.22. The van der Waals surface area contributed by atoms with Crippen molar-refractivity contribution in [3.05, 3.63) is 59.9 Å². The van der Waals surface area contributed by atoms with Gasteiger partial charge in [0.15, 0.2) is 0 Å². The molecule has 1 heterocycles. The maximum atomic E-state index is 5.31. The molecule has 0 aliphatic carbocycles. The van der Waals surface area contributed by atoms with Crippen LogP contribution in [0.5, 0.6) is 5.75 Å². The number of hydrogen-bond acceptors (Lipinski definition) is 3. The number of hydrogen-bond donors (Lipinski definition) is 1. The van der Waals surface area contributed by atoms with Crippen molar-refractivity contribution in [2.24, 2.45) is 0 Å². The Morgan fingerprint density at radius 3 is 2.57 bits per heavy atom. The van der Waals surface area contributed by atoms with Crippen molar-refractivity contribution in [3.63, 3.8) is 0 Å². The molecule has 0 spiro atoms. The quantitative estimate of drug-likeness (QED) is 0.808. The zero-order valence-corrected chi connectivity index (χ0v) is 12.9. The Morgan fingerprint density at radius 1 is 1.10 bits per heavy atom. The number of nitrogens with one attached hydrogen (secondary N) is 1. The second kappa shape index (κ2) is 8.42. The van der Waals surface area contributed by atoms with Gasteiger partial charge in [-0.25, -0.2) is 0 Å². The maximum Gasteiger partial charge on any atom is 0.119 e. The highest BCUT2D eigenvalue weighted by atomic mass is 16.5. The number of nitrogens with zero attached hydrogens (tertiary/aromatic N) is 1. The Balaban J connectivity index is 2.04. The predicted octanol–water partition coefficient (Wildman–Crippen LogP) is 3.24. The predicted molar refractivity (Wildman–Crippen MR) is 86.7 cm³/mol. The van der Waals surface area contributed by atoms with E-state index >= 15 is 0 Å². The van der Waals surface area contributed by atoms with E-state index in [9.17, 15) is 0 Å². The first-order valence-electron chi connectivity index (χ1n) is 7.57. The molecular formula is C18H24N2O. The van der Waals surface area contributed by atoms with Crippen LogP contribution < -0.4 is 10.1 Å². The lowest BCUT2D eigenvalue weighted by atomic mass is 9.99. The van der Waals surface area contributed by atoms with E-state index in [1.807, 2.05) is 18.5 Å². The molecule has 0 aliphatic heterocycles. The third kappa shape index (κ3) is 5.20. The molecule has 0 aliphatic rings. The zero-order valence-electron chi connectivity index (χ0n) is 12.9. The van der Waals surface area contributed by atoms with Crippen LogP contribution in [0.4, 0.5) is 0 Å². The molecule has 2 aromatic rings. The fraction of sp³-hybridized carbons (Fsp3) is 0.389. The molecule has 1 unspecified atom stereocenters. The fourth-order valence-electron chi connectivity index (χ4n) is 2.45. The van der Waals surface area contributed by atoms with Gasteiger partial charge in [0.05, 0.1) is 7.11 Å². The van der Waals surface area contributed by atoms with Gasteiger partial charge in [-0.1, -0.05) is 19.1 Å². The van der Waals surface area contributed by atoms with Crippen molar-refractivity contribution in [2.45, 2.75) is 32.2 Å². The lowest BCUT2D eigenvalue weighted by molar-refractivity contribution is 0.413. The molecule has 21 heavy (non-hydrogen) atoms. The number of benzene rings is 1. The first-order chi connectivity index (χ1) is 10.3. The van der Waals surface area contributed by atoms with Crippen LogP contribution in [0.1, 0.15) is 24.5 Å². The van der Waals surface area contributed by atoms with Gasteiger partial charge in [-0.3, -0.25) is 4.98 Å². The van der Waals surface area contributed by atoms with E-state index in [4.69, 9.17) is 4.74 Å². The van der Waals surface area contributed by atoms with E-state index in [0.717, 1.165) is 31.6 Å². The van der Waals surface area contributed by atoms with Crippen LogP contribution in [0, 0.1) is 0 Å². The smallest absolute Gasteiger partial charge is 0.119 e. The molecule has 3 heteroatoms. The minimum Gasteiger partial charge on any atom is -0.497 e. The third-order valence-corrected chi connectivity index (χ3v) is 3.53. The van der Waals surface area contributed by atoms with Crippen molar-refractivity contribution >= 4 is 0 Å². The Bertz CT molecular complexity index is 528. The van der Waals surface area contributed by atoms with Crippen LogP contribution in [0.2, 0.25) is 0 Å². The van der Waals surface area contributed by atoms with Gasteiger partial charge in [-0.05, 0) is 61.2 Å². The molecule has 2 rings (SSSR count). The lowest BCUT2D eigenvalue weighted by Crippen LogP contribution is -2.33. The SMILES string of the molecule is CCCNC(Cc1ccncc1)Cc1cccc(OC)c1. The van der Waals surface area contributed by atoms with Gasteiger partial charge in [0.1, 0.15) is 5.75 Å². The first-order valence-corrected chi connectivity index (χ1v) is 7.57. The number of aromatic nitrogens is 1. The summed E-state index contributed by atoms with van der Waals surface area (Å²) in [5, 5.41) is 3.64. The Hall–Kier alpha value is -1.87. The van der Waals surface area contributed by atoms with Gasteiger partial charge in [-0.15, -0.1) is 0 Å². The summed E-state index contributed by atoms with van der Waals surface area (Å²) in [6.07, 6.45) is 6.87. The van der Waals surface area contributed by atoms with E-state index in [-0.39, 0.29) is 0 Å². The maximum absolute atomic E-state index is 5.31. The van der Waals surface area contributed by atoms with E-state index in [1.165, 1.54) is 11.1 Å². The number of pyridine rings is 1. The van der Waals surface area contributed by atoms with Gasteiger partial charge in [-0.2, -0.15) is 0 Å². The average Bonchev–Trinajstić information content (AvgIpc) is 2.54. The van der Waals surface area contributed by atoms with Gasteiger partial charge in [0, 0.05) is 18.4 Å². The van der Waals surface area contributed by atoms with Gasteiger partial charge < -0.3 is 10.1 Å². The molecule has 0 saturated heterocycles. The topological polar surface area (TPSA) is 34.2 Å². The van der Waals surface area contributed by atoms with Gasteiger partial charge in [0.25, 0.3) is 0 Å². The molecular weight excluding hydrogens is 260 g/mol. The summed E-state index contributed by atoms with van der Waals surface area (Å²) in [5.74, 6) is 0.922. The van der Waals surface area contributed by atoms with Crippen molar-refractivity contribution < 1.29 is 4.74 Å². The van der Waals surface area contributed by atoms with Crippen molar-refractivity contribution in [1.29, 1.82) is 0 Å². The van der Waals surface area contributed by atoms with Crippen molar-refractivity contribution in [3.8, 4) is 5.75 Å². The van der Waals surface area contributed by atoms with Crippen LogP contribution in [0.15, 0.2) is 48.8 Å². The summed E-state index contributed by atoms with van der Waals surface area (Å²) in [6, 6.07) is 12.9. The standard InChI is InChI=1S/C18H24N2O/c1-3-9-20-17(12-15-7-10-19-11-8-15)13-16-5-4-6-18(14-16)21-2/h4-8,10-11,14,17,20H,3,9,12-13H2,1-2H3. The molecule has 1 atom stereocenters. The molecule has 0 radical (unpaired) electrons. The summed E-state index contributed by atoms with van der Waals surface area (Å²) < 4.78 is 5.31. The molecule has 112 valence electrons. The summed E-state index contributed by atoms with van der Waals surface area (Å²) in [5.41, 5.74) is 2.62. The lowest BCUT2D eigenvalue weighted by Gasteiger charge is -2.19. The van der Waals surface area contributed by atoms with E-state index in [2.05, 4.69) is 47.6 Å². The minimum absolute atomic E-state index is 0.430. The zero-order chi connectivity index (χ0) is 14.9. The van der Waals surface area contributed by atoms with Crippen molar-refractivity contribution in [1.82, 2.24) is 10.3 Å². The summed E-state index contributed by atoms with van der Waals surface area (Å²) in [6.45, 7) is 3.24. The van der Waals surface area contributed by atoms with E-state index in [1.54, 1.807) is 7.11 Å². The molecule has 1 aromatic heterocycles. The second-order valence-electron chi connectivity index (χ2n) is 5.27. The fourth-order valence-corrected chi connectivity index (χ4v) is 2.45. The first kappa shape index (κ1) is 15.5. The largest absolute Gasteiger partial charge is 0.497 e. The highest BCUT2D eigenvalue weighted by Crippen LogP contribution is 2.15. The van der Waals surface area contributed by atoms with Crippen LogP contribution in [-0.4, -0.2) is 24.7 Å². The molecule has 1 N–H and O–H groups in total. The molecule has 0 saturated carbocycles. The third-order valence-electron chi connectivity index (χ3n) is 3.53. The highest BCUT2D eigenvalue weighted by molar-refractivity contribution is 5.29. The number of ether oxygens (including phenoxy) is 1. The summed E-state index contributed by atoms with van der Waals surface area (Å²) >= 11 is 0. The minimum atomic E-state index is 0.430. The monoisotopic (exact) mass is 284 g/mol. The van der Waals surface area contributed by atoms with E-state index in [0.29, 0.717) is 6.04 Å². The highest BCUT2D eigenvalue weighted by Gasteiger charge is 2.10. The number of methoxy groups -OCH3 is 1. The molecule has 0 bridgehead atoms. The molecule has 1 aromatic carbocycles. The van der Waals surface area contributed by atoms with Crippen LogP contribution in [0.3, 0.4) is 0 Å². The van der Waals surface area contributed by atoms with E-state index < -0.39 is 0 Å². The Morgan fingerprint density at radius 2 is 1.86 bits per heavy atom. The van der Waals surface area contributed by atoms with Gasteiger partial charge >= 0.3 is 0 Å². The molecule has 0 amide bonds. The van der Waals surface area contributed by atoms with Crippen LogP contribution in [-0.2, 0) is 12.8 Å². The van der Waals surface area contributed by atoms with Crippen LogP contribution in [0.25, 0.3) is 0 Å². The second-order valence-corrected chi connectivity index (χ2v) is 5.27. The van der Waals surface area contributed by atoms with Crippen LogP contribution >= 0.6 is 0 Å². The summed E-state index contributed by atoms with van der Waals surface area (Å²) in [7, 11) is 1.71. The number of rotatable bonds is 8. The molecule has 3 nitrogen and oxygen atoms in total.